The van der Waals surface area contributed by atoms with Gasteiger partial charge < -0.3 is 10.1 Å². The van der Waals surface area contributed by atoms with Crippen LogP contribution in [-0.4, -0.2) is 43.8 Å². The molecule has 1 N–H and O–H groups in total. The molecule has 0 saturated heterocycles. The van der Waals surface area contributed by atoms with Crippen LogP contribution in [-0.2, 0) is 4.79 Å². The number of amides is 1. The molecule has 9 heteroatoms. The van der Waals surface area contributed by atoms with Gasteiger partial charge in [0.05, 0.1) is 11.4 Å². The molecule has 0 radical (unpaired) electrons. The summed E-state index contributed by atoms with van der Waals surface area (Å²) in [5, 5.41) is 12.5. The molecular formula is C24H25N5O3S. The number of Topliss-reactive ketones (excluding diaryl/α,β-unsaturated/α-hetero) is 1. The lowest BCUT2D eigenvalue weighted by molar-refractivity contribution is -0.118. The zero-order valence-corrected chi connectivity index (χ0v) is 19.2. The third-order valence-electron chi connectivity index (χ3n) is 6.25. The number of nitrogens with one attached hydrogen (secondary N) is 1. The number of nitrogens with zero attached hydrogens (tertiary/aromatic N) is 4. The number of fused-ring (bicyclic) bond motifs is 1. The average molecular weight is 464 g/mol. The number of benzene rings is 1. The van der Waals surface area contributed by atoms with Crippen LogP contribution in [0, 0.1) is 5.92 Å². The molecule has 1 aliphatic heterocycles. The molecular weight excluding hydrogens is 438 g/mol. The SMILES string of the molecule is C[C@H]1CCCC[C@H]1n1c(SCC(=O)c2ccc3c(c2)NC(=O)CO3)nnc1-c1cccnc1. The maximum absolute atomic E-state index is 13.0. The second kappa shape index (κ2) is 9.35. The van der Waals surface area contributed by atoms with Gasteiger partial charge in [0.1, 0.15) is 5.75 Å². The van der Waals surface area contributed by atoms with E-state index < -0.39 is 0 Å². The van der Waals surface area contributed by atoms with Crippen LogP contribution >= 0.6 is 11.8 Å². The number of anilines is 1. The Bertz CT molecular complexity index is 1180. The first-order valence-corrected chi connectivity index (χ1v) is 12.2. The van der Waals surface area contributed by atoms with Crippen LogP contribution in [0.3, 0.4) is 0 Å². The van der Waals surface area contributed by atoms with E-state index in [9.17, 15) is 9.59 Å². The molecule has 170 valence electrons. The first kappa shape index (κ1) is 21.6. The molecule has 1 aliphatic carbocycles. The van der Waals surface area contributed by atoms with Crippen molar-refractivity contribution in [1.82, 2.24) is 19.7 Å². The van der Waals surface area contributed by atoms with E-state index in [2.05, 4.69) is 32.0 Å². The summed E-state index contributed by atoms with van der Waals surface area (Å²) >= 11 is 1.40. The lowest BCUT2D eigenvalue weighted by atomic mass is 9.85. The highest BCUT2D eigenvalue weighted by atomic mass is 32.2. The fraction of sp³-hybridized carbons (Fsp3) is 0.375. The minimum atomic E-state index is -0.223. The number of ether oxygens (including phenoxy) is 1. The van der Waals surface area contributed by atoms with Gasteiger partial charge >= 0.3 is 0 Å². The highest BCUT2D eigenvalue weighted by Crippen LogP contribution is 2.39. The number of rotatable bonds is 6. The Morgan fingerprint density at radius 1 is 1.24 bits per heavy atom. The van der Waals surface area contributed by atoms with Gasteiger partial charge in [0.2, 0.25) is 0 Å². The molecule has 2 aromatic heterocycles. The maximum Gasteiger partial charge on any atom is 0.262 e. The second-order valence-electron chi connectivity index (χ2n) is 8.51. The molecule has 0 spiro atoms. The summed E-state index contributed by atoms with van der Waals surface area (Å²) in [6.45, 7) is 2.27. The number of hydrogen-bond acceptors (Lipinski definition) is 7. The van der Waals surface area contributed by atoms with E-state index in [1.54, 1.807) is 30.6 Å². The number of aromatic nitrogens is 4. The van der Waals surface area contributed by atoms with Crippen molar-refractivity contribution in [2.45, 2.75) is 43.8 Å². The molecule has 33 heavy (non-hydrogen) atoms. The number of ketones is 1. The van der Waals surface area contributed by atoms with Crippen molar-refractivity contribution in [3.8, 4) is 17.1 Å². The molecule has 1 fully saturated rings. The molecule has 0 bridgehead atoms. The third-order valence-corrected chi connectivity index (χ3v) is 7.19. The number of carbonyl (C=O) groups is 2. The molecule has 3 heterocycles. The molecule has 2 atom stereocenters. The van der Waals surface area contributed by atoms with Gasteiger partial charge in [-0.3, -0.25) is 19.1 Å². The van der Waals surface area contributed by atoms with Gasteiger partial charge in [-0.05, 0) is 49.1 Å². The van der Waals surface area contributed by atoms with Gasteiger partial charge in [-0.15, -0.1) is 10.2 Å². The van der Waals surface area contributed by atoms with Gasteiger partial charge in [0, 0.05) is 29.6 Å². The Balaban J connectivity index is 1.39. The van der Waals surface area contributed by atoms with E-state index in [4.69, 9.17) is 4.74 Å². The molecule has 3 aromatic rings. The van der Waals surface area contributed by atoms with E-state index in [1.165, 1.54) is 31.0 Å². The Hall–Kier alpha value is -3.20. The monoisotopic (exact) mass is 463 g/mol. The highest BCUT2D eigenvalue weighted by Gasteiger charge is 2.29. The lowest BCUT2D eigenvalue weighted by Gasteiger charge is -2.31. The van der Waals surface area contributed by atoms with Crippen LogP contribution in [0.2, 0.25) is 0 Å². The quantitative estimate of drug-likeness (QED) is 0.427. The Labute approximate surface area is 196 Å². The topological polar surface area (TPSA) is 99.0 Å². The average Bonchev–Trinajstić information content (AvgIpc) is 3.26. The standard InChI is InChI=1S/C24H25N5O3S/c1-15-5-2-3-7-19(15)29-23(17-6-4-10-25-12-17)27-28-24(29)33-14-20(30)16-8-9-21-18(11-16)26-22(31)13-32-21/h4,6,8-12,15,19H,2-3,5,7,13-14H2,1H3,(H,26,31)/t15-,19+/m0/s1. The second-order valence-corrected chi connectivity index (χ2v) is 9.45. The summed E-state index contributed by atoms with van der Waals surface area (Å²) < 4.78 is 7.59. The normalized spacial score (nSPS) is 20.0. The first-order valence-electron chi connectivity index (χ1n) is 11.2. The summed E-state index contributed by atoms with van der Waals surface area (Å²) in [5.74, 6) is 1.83. The summed E-state index contributed by atoms with van der Waals surface area (Å²) in [7, 11) is 0. The smallest absolute Gasteiger partial charge is 0.262 e. The van der Waals surface area contributed by atoms with Crippen molar-refractivity contribution in [1.29, 1.82) is 0 Å². The van der Waals surface area contributed by atoms with Crippen molar-refractivity contribution >= 4 is 29.1 Å². The zero-order chi connectivity index (χ0) is 22.8. The van der Waals surface area contributed by atoms with Crippen LogP contribution in [0.1, 0.15) is 49.0 Å². The lowest BCUT2D eigenvalue weighted by Crippen LogP contribution is -2.25. The van der Waals surface area contributed by atoms with Crippen LogP contribution in [0.5, 0.6) is 5.75 Å². The van der Waals surface area contributed by atoms with E-state index in [0.717, 1.165) is 23.0 Å². The molecule has 1 aromatic carbocycles. The van der Waals surface area contributed by atoms with Gasteiger partial charge in [-0.25, -0.2) is 0 Å². The van der Waals surface area contributed by atoms with Gasteiger partial charge in [-0.2, -0.15) is 0 Å². The minimum absolute atomic E-state index is 0.00927. The van der Waals surface area contributed by atoms with E-state index >= 15 is 0 Å². The van der Waals surface area contributed by atoms with E-state index in [0.29, 0.717) is 22.9 Å². The minimum Gasteiger partial charge on any atom is -0.482 e. The van der Waals surface area contributed by atoms with Crippen LogP contribution in [0.15, 0.2) is 47.9 Å². The summed E-state index contributed by atoms with van der Waals surface area (Å²) in [6.07, 6.45) is 8.19. The Morgan fingerprint density at radius 2 is 2.12 bits per heavy atom. The van der Waals surface area contributed by atoms with Crippen molar-refractivity contribution in [3.05, 3.63) is 48.3 Å². The Morgan fingerprint density at radius 3 is 2.94 bits per heavy atom. The van der Waals surface area contributed by atoms with Crippen LogP contribution in [0.4, 0.5) is 5.69 Å². The predicted molar refractivity (Wildman–Crippen MR) is 126 cm³/mol. The number of pyridine rings is 1. The highest BCUT2D eigenvalue weighted by molar-refractivity contribution is 7.99. The molecule has 1 amide bonds. The number of carbonyl (C=O) groups excluding carboxylic acids is 2. The van der Waals surface area contributed by atoms with Crippen molar-refractivity contribution < 1.29 is 14.3 Å². The first-order chi connectivity index (χ1) is 16.1. The predicted octanol–water partition coefficient (Wildman–Crippen LogP) is 4.40. The van der Waals surface area contributed by atoms with E-state index in [-0.39, 0.29) is 30.1 Å². The summed E-state index contributed by atoms with van der Waals surface area (Å²) in [6, 6.07) is 9.30. The molecule has 0 unspecified atom stereocenters. The van der Waals surface area contributed by atoms with Crippen molar-refractivity contribution in [3.63, 3.8) is 0 Å². The fourth-order valence-corrected chi connectivity index (χ4v) is 5.40. The molecule has 1 saturated carbocycles. The van der Waals surface area contributed by atoms with Gasteiger partial charge in [0.15, 0.2) is 23.4 Å². The number of hydrogen-bond donors (Lipinski definition) is 1. The zero-order valence-electron chi connectivity index (χ0n) is 18.4. The molecule has 8 nitrogen and oxygen atoms in total. The summed E-state index contributed by atoms with van der Waals surface area (Å²) in [5.41, 5.74) is 1.98. The van der Waals surface area contributed by atoms with Crippen molar-refractivity contribution in [2.24, 2.45) is 5.92 Å². The summed E-state index contributed by atoms with van der Waals surface area (Å²) in [4.78, 5) is 28.8. The van der Waals surface area contributed by atoms with Crippen LogP contribution < -0.4 is 10.1 Å². The number of thioether (sulfide) groups is 1. The van der Waals surface area contributed by atoms with E-state index in [1.807, 2.05) is 12.1 Å². The fourth-order valence-electron chi connectivity index (χ4n) is 4.52. The third kappa shape index (κ3) is 4.50. The van der Waals surface area contributed by atoms with Crippen LogP contribution in [0.25, 0.3) is 11.4 Å². The maximum atomic E-state index is 13.0. The largest absolute Gasteiger partial charge is 0.482 e. The van der Waals surface area contributed by atoms with Gasteiger partial charge in [-0.1, -0.05) is 31.5 Å². The molecule has 2 aliphatic rings. The molecule has 5 rings (SSSR count). The van der Waals surface area contributed by atoms with Gasteiger partial charge in [0.25, 0.3) is 5.91 Å². The van der Waals surface area contributed by atoms with Crippen molar-refractivity contribution in [2.75, 3.05) is 17.7 Å². The Kier molecular flexibility index (Phi) is 6.13.